The Morgan fingerprint density at radius 1 is 1.22 bits per heavy atom. The summed E-state index contributed by atoms with van der Waals surface area (Å²) in [6.07, 6.45) is 1.52. The van der Waals surface area contributed by atoms with E-state index < -0.39 is 5.60 Å². The Balaban J connectivity index is 2.15. The van der Waals surface area contributed by atoms with Crippen molar-refractivity contribution in [1.29, 1.82) is 0 Å². The molecule has 0 aromatic heterocycles. The van der Waals surface area contributed by atoms with Gasteiger partial charge in [-0.2, -0.15) is 0 Å². The van der Waals surface area contributed by atoms with Crippen molar-refractivity contribution in [1.82, 2.24) is 0 Å². The van der Waals surface area contributed by atoms with E-state index in [9.17, 15) is 14.6 Å². The maximum absolute atomic E-state index is 13.0. The molecule has 0 saturated heterocycles. The average Bonchev–Trinajstić information content (AvgIpc) is 2.47. The van der Waals surface area contributed by atoms with Gasteiger partial charge in [0.05, 0.1) is 11.3 Å². The summed E-state index contributed by atoms with van der Waals surface area (Å²) in [5, 5.41) is 21.5. The summed E-state index contributed by atoms with van der Waals surface area (Å²) in [6.45, 7) is 1.59. The van der Waals surface area contributed by atoms with E-state index in [1.54, 1.807) is 25.1 Å². The summed E-state index contributed by atoms with van der Waals surface area (Å²) in [7, 11) is 0. The Labute approximate surface area is 134 Å². The Kier molecular flexibility index (Phi) is 4.88. The predicted octanol–water partition coefficient (Wildman–Crippen LogP) is 2.31. The molecule has 2 aromatic carbocycles. The van der Waals surface area contributed by atoms with Crippen molar-refractivity contribution >= 4 is 5.69 Å². The largest absolute Gasteiger partial charge is 0.506 e. The minimum Gasteiger partial charge on any atom is -0.506 e. The number of hydrogen-bond acceptors (Lipinski definition) is 5. The topological polar surface area (TPSA) is 95.7 Å². The van der Waals surface area contributed by atoms with Crippen LogP contribution in [0.3, 0.4) is 0 Å². The maximum Gasteiger partial charge on any atom is 0.140 e. The highest BCUT2D eigenvalue weighted by Crippen LogP contribution is 2.28. The number of hydrogen-bond donors (Lipinski definition) is 4. The van der Waals surface area contributed by atoms with Crippen LogP contribution in [0.5, 0.6) is 5.75 Å². The number of aromatic hydroxyl groups is 1. The quantitative estimate of drug-likeness (QED) is 0.501. The van der Waals surface area contributed by atoms with E-state index >= 15 is 0 Å². The molecule has 2 aromatic rings. The van der Waals surface area contributed by atoms with Crippen LogP contribution in [0.1, 0.15) is 18.9 Å². The number of aliphatic hydroxyl groups is 1. The lowest BCUT2D eigenvalue weighted by molar-refractivity contribution is 0.0571. The molecule has 122 valence electrons. The maximum atomic E-state index is 13.0. The number of hydrazine groups is 1. The molecule has 0 bridgehead atoms. The zero-order valence-corrected chi connectivity index (χ0v) is 12.8. The first-order valence-electron chi connectivity index (χ1n) is 7.06. The van der Waals surface area contributed by atoms with Crippen molar-refractivity contribution in [3.05, 3.63) is 71.8 Å². The van der Waals surface area contributed by atoms with Gasteiger partial charge in [-0.15, -0.1) is 0 Å². The van der Waals surface area contributed by atoms with Gasteiger partial charge in [-0.05, 0) is 36.8 Å². The predicted molar refractivity (Wildman–Crippen MR) is 87.6 cm³/mol. The number of nitrogens with zero attached hydrogens (tertiary/aromatic N) is 1. The zero-order chi connectivity index (χ0) is 17.0. The van der Waals surface area contributed by atoms with Crippen LogP contribution in [-0.2, 0) is 5.60 Å². The third-order valence-corrected chi connectivity index (χ3v) is 3.48. The van der Waals surface area contributed by atoms with Gasteiger partial charge >= 0.3 is 0 Å². The monoisotopic (exact) mass is 317 g/mol. The molecule has 6 N–H and O–H groups in total. The third kappa shape index (κ3) is 4.21. The molecule has 0 heterocycles. The SMILES string of the molecule is CC(O)(C/C(N)=C/N(N)c1ccccc1O)c1ccc(F)cc1. The van der Waals surface area contributed by atoms with Crippen molar-refractivity contribution in [2.45, 2.75) is 18.9 Å². The van der Waals surface area contributed by atoms with Gasteiger partial charge in [-0.3, -0.25) is 5.01 Å². The summed E-state index contributed by atoms with van der Waals surface area (Å²) in [6, 6.07) is 12.1. The number of para-hydroxylation sites is 2. The van der Waals surface area contributed by atoms with Crippen LogP contribution in [0, 0.1) is 5.82 Å². The van der Waals surface area contributed by atoms with E-state index in [0.29, 0.717) is 16.9 Å². The fourth-order valence-corrected chi connectivity index (χ4v) is 2.28. The minimum absolute atomic E-state index is 0.0179. The Bertz CT molecular complexity index is 699. The highest BCUT2D eigenvalue weighted by atomic mass is 19.1. The lowest BCUT2D eigenvalue weighted by atomic mass is 9.91. The van der Waals surface area contributed by atoms with Crippen LogP contribution in [0.2, 0.25) is 0 Å². The molecule has 0 aliphatic rings. The molecule has 0 radical (unpaired) electrons. The third-order valence-electron chi connectivity index (χ3n) is 3.48. The summed E-state index contributed by atoms with van der Waals surface area (Å²) < 4.78 is 13.0. The van der Waals surface area contributed by atoms with E-state index in [0.717, 1.165) is 0 Å². The first kappa shape index (κ1) is 16.8. The second kappa shape index (κ2) is 6.68. The van der Waals surface area contributed by atoms with Gasteiger partial charge in [0.1, 0.15) is 11.6 Å². The molecule has 23 heavy (non-hydrogen) atoms. The molecule has 0 spiro atoms. The molecule has 0 aliphatic carbocycles. The van der Waals surface area contributed by atoms with E-state index in [1.807, 2.05) is 0 Å². The first-order chi connectivity index (χ1) is 10.8. The lowest BCUT2D eigenvalue weighted by Crippen LogP contribution is -2.29. The fourth-order valence-electron chi connectivity index (χ4n) is 2.28. The summed E-state index contributed by atoms with van der Waals surface area (Å²) in [4.78, 5) is 0. The number of anilines is 1. The Morgan fingerprint density at radius 3 is 2.43 bits per heavy atom. The van der Waals surface area contributed by atoms with Crippen LogP contribution in [0.4, 0.5) is 10.1 Å². The summed E-state index contributed by atoms with van der Waals surface area (Å²) in [5.41, 5.74) is 5.91. The van der Waals surface area contributed by atoms with E-state index in [2.05, 4.69) is 0 Å². The highest BCUT2D eigenvalue weighted by Gasteiger charge is 2.24. The normalized spacial score (nSPS) is 14.3. The molecular formula is C17H20FN3O2. The zero-order valence-electron chi connectivity index (χ0n) is 12.8. The van der Waals surface area contributed by atoms with Crippen LogP contribution < -0.4 is 16.6 Å². The second-order valence-corrected chi connectivity index (χ2v) is 5.56. The number of phenols is 1. The molecule has 2 rings (SSSR count). The second-order valence-electron chi connectivity index (χ2n) is 5.56. The van der Waals surface area contributed by atoms with Gasteiger partial charge in [0.15, 0.2) is 0 Å². The lowest BCUT2D eigenvalue weighted by Gasteiger charge is -2.25. The molecule has 6 heteroatoms. The molecule has 5 nitrogen and oxygen atoms in total. The number of nitrogens with two attached hydrogens (primary N) is 2. The first-order valence-corrected chi connectivity index (χ1v) is 7.06. The van der Waals surface area contributed by atoms with Crippen molar-refractivity contribution in [2.75, 3.05) is 5.01 Å². The highest BCUT2D eigenvalue weighted by molar-refractivity contribution is 5.58. The molecular weight excluding hydrogens is 297 g/mol. The van der Waals surface area contributed by atoms with Crippen molar-refractivity contribution in [3.63, 3.8) is 0 Å². The van der Waals surface area contributed by atoms with Gasteiger partial charge in [-0.1, -0.05) is 24.3 Å². The van der Waals surface area contributed by atoms with Crippen LogP contribution in [-0.4, -0.2) is 10.2 Å². The van der Waals surface area contributed by atoms with Crippen molar-refractivity contribution < 1.29 is 14.6 Å². The molecule has 0 aliphatic heterocycles. The van der Waals surface area contributed by atoms with Gasteiger partial charge in [0, 0.05) is 18.3 Å². The number of rotatable bonds is 5. The molecule has 1 atom stereocenters. The molecule has 0 amide bonds. The summed E-state index contributed by atoms with van der Waals surface area (Å²) >= 11 is 0. The number of phenolic OH excluding ortho intramolecular Hbond substituents is 1. The Morgan fingerprint density at radius 2 is 1.83 bits per heavy atom. The van der Waals surface area contributed by atoms with Gasteiger partial charge in [-0.25, -0.2) is 10.2 Å². The minimum atomic E-state index is -1.27. The van der Waals surface area contributed by atoms with E-state index in [-0.39, 0.29) is 18.0 Å². The number of benzene rings is 2. The van der Waals surface area contributed by atoms with E-state index in [4.69, 9.17) is 11.6 Å². The smallest absolute Gasteiger partial charge is 0.140 e. The standard InChI is InChI=1S/C17H20FN3O2/c1-17(23,12-6-8-13(18)9-7-12)10-14(19)11-21(20)15-4-2-3-5-16(15)22/h2-9,11,22-23H,10,19-20H2,1H3/b14-11-. The van der Waals surface area contributed by atoms with E-state index in [1.165, 1.54) is 41.5 Å². The molecule has 0 saturated carbocycles. The Hall–Kier alpha value is -2.57. The van der Waals surface area contributed by atoms with Crippen molar-refractivity contribution in [2.24, 2.45) is 11.6 Å². The van der Waals surface area contributed by atoms with Crippen LogP contribution in [0.25, 0.3) is 0 Å². The average molecular weight is 317 g/mol. The summed E-state index contributed by atoms with van der Waals surface area (Å²) in [5.74, 6) is 5.50. The van der Waals surface area contributed by atoms with Gasteiger partial charge < -0.3 is 15.9 Å². The van der Waals surface area contributed by atoms with Gasteiger partial charge in [0.2, 0.25) is 0 Å². The number of halogens is 1. The molecule has 0 fully saturated rings. The van der Waals surface area contributed by atoms with Crippen LogP contribution >= 0.6 is 0 Å². The molecule has 1 unspecified atom stereocenters. The van der Waals surface area contributed by atoms with Crippen LogP contribution in [0.15, 0.2) is 60.4 Å². The fraction of sp³-hybridized carbons (Fsp3) is 0.176. The van der Waals surface area contributed by atoms with Gasteiger partial charge in [0.25, 0.3) is 0 Å². The van der Waals surface area contributed by atoms with Crippen molar-refractivity contribution in [3.8, 4) is 5.75 Å².